The van der Waals surface area contributed by atoms with Crippen molar-refractivity contribution in [3.05, 3.63) is 67.0 Å². The van der Waals surface area contributed by atoms with Crippen molar-refractivity contribution in [1.29, 1.82) is 0 Å². The smallest absolute Gasteiger partial charge is 0.229 e. The molecule has 0 spiro atoms. The highest BCUT2D eigenvalue weighted by Gasteiger charge is 2.32. The van der Waals surface area contributed by atoms with Crippen LogP contribution in [0.3, 0.4) is 0 Å². The number of hydrogen-bond acceptors (Lipinski definition) is 8. The third-order valence-electron chi connectivity index (χ3n) is 6.04. The van der Waals surface area contributed by atoms with Crippen LogP contribution in [0.4, 0.5) is 23.1 Å². The first-order chi connectivity index (χ1) is 16.6. The van der Waals surface area contributed by atoms with Gasteiger partial charge in [0, 0.05) is 23.7 Å². The number of rotatable bonds is 8. The molecule has 0 unspecified atom stereocenters. The van der Waals surface area contributed by atoms with E-state index in [1.165, 1.54) is 0 Å². The largest absolute Gasteiger partial charge is 0.494 e. The number of ether oxygens (including phenoxy) is 2. The van der Waals surface area contributed by atoms with Gasteiger partial charge in [-0.05, 0) is 57.3 Å². The van der Waals surface area contributed by atoms with Gasteiger partial charge in [-0.25, -0.2) is 4.98 Å². The average Bonchev–Trinajstić information content (AvgIpc) is 2.82. The van der Waals surface area contributed by atoms with Gasteiger partial charge in [-0.15, -0.1) is 0 Å². The third-order valence-corrected chi connectivity index (χ3v) is 6.04. The highest BCUT2D eigenvalue weighted by atomic mass is 16.5. The van der Waals surface area contributed by atoms with Crippen LogP contribution < -0.4 is 20.1 Å². The van der Waals surface area contributed by atoms with E-state index < -0.39 is 0 Å². The molecule has 2 aromatic carbocycles. The van der Waals surface area contributed by atoms with Crippen molar-refractivity contribution >= 4 is 34.0 Å². The van der Waals surface area contributed by atoms with E-state index in [1.54, 1.807) is 19.5 Å². The van der Waals surface area contributed by atoms with Crippen LogP contribution in [0, 0.1) is 0 Å². The fourth-order valence-electron chi connectivity index (χ4n) is 3.99. The van der Waals surface area contributed by atoms with Gasteiger partial charge in [-0.2, -0.15) is 4.98 Å². The van der Waals surface area contributed by atoms with E-state index in [1.807, 2.05) is 54.6 Å². The maximum Gasteiger partial charge on any atom is 0.229 e. The van der Waals surface area contributed by atoms with Crippen LogP contribution in [-0.2, 0) is 0 Å². The lowest BCUT2D eigenvalue weighted by molar-refractivity contribution is 0.0400. The standard InChI is InChI=1S/C26H28N6O2/c1-32(2)19-13-21(14-19)34-20-8-9-23(24(15-20)33-3)30-26-27-11-10-25(31-26)29-18-12-17-6-4-5-7-22(17)28-16-18/h4-12,15-16,19,21H,13-14H2,1-3H3,(H2,27,29,30,31). The summed E-state index contributed by atoms with van der Waals surface area (Å²) < 4.78 is 11.7. The summed E-state index contributed by atoms with van der Waals surface area (Å²) in [5.41, 5.74) is 2.57. The Labute approximate surface area is 199 Å². The van der Waals surface area contributed by atoms with Crippen molar-refractivity contribution in [2.75, 3.05) is 31.8 Å². The van der Waals surface area contributed by atoms with E-state index in [2.05, 4.69) is 44.6 Å². The predicted octanol–water partition coefficient (Wildman–Crippen LogP) is 4.99. The van der Waals surface area contributed by atoms with Gasteiger partial charge in [0.2, 0.25) is 5.95 Å². The fraction of sp³-hybridized carbons (Fsp3) is 0.269. The first-order valence-electron chi connectivity index (χ1n) is 11.3. The summed E-state index contributed by atoms with van der Waals surface area (Å²) >= 11 is 0. The molecule has 1 aliphatic rings. The molecule has 0 bridgehead atoms. The molecule has 1 saturated carbocycles. The fourth-order valence-corrected chi connectivity index (χ4v) is 3.99. The molecule has 34 heavy (non-hydrogen) atoms. The average molecular weight is 457 g/mol. The molecule has 0 amide bonds. The monoisotopic (exact) mass is 456 g/mol. The molecular weight excluding hydrogens is 428 g/mol. The normalized spacial score (nSPS) is 17.3. The molecule has 1 aliphatic carbocycles. The zero-order valence-electron chi connectivity index (χ0n) is 19.5. The van der Waals surface area contributed by atoms with Gasteiger partial charge < -0.3 is 25.0 Å². The Kier molecular flexibility index (Phi) is 6.14. The van der Waals surface area contributed by atoms with Gasteiger partial charge in [0.15, 0.2) is 0 Å². The van der Waals surface area contributed by atoms with E-state index >= 15 is 0 Å². The predicted molar refractivity (Wildman–Crippen MR) is 134 cm³/mol. The molecule has 0 radical (unpaired) electrons. The molecule has 8 heteroatoms. The third kappa shape index (κ3) is 4.87. The van der Waals surface area contributed by atoms with E-state index in [9.17, 15) is 0 Å². The number of aromatic nitrogens is 3. The van der Waals surface area contributed by atoms with Crippen LogP contribution in [0.25, 0.3) is 10.9 Å². The summed E-state index contributed by atoms with van der Waals surface area (Å²) in [7, 11) is 5.85. The number of pyridine rings is 1. The van der Waals surface area contributed by atoms with Crippen LogP contribution in [0.1, 0.15) is 12.8 Å². The molecular formula is C26H28N6O2. The Morgan fingerprint density at radius 1 is 0.971 bits per heavy atom. The second-order valence-electron chi connectivity index (χ2n) is 8.62. The lowest BCUT2D eigenvalue weighted by Crippen LogP contribution is -2.46. The van der Waals surface area contributed by atoms with Crippen LogP contribution in [0.2, 0.25) is 0 Å². The molecule has 0 saturated heterocycles. The second kappa shape index (κ2) is 9.52. The molecule has 5 rings (SSSR count). The summed E-state index contributed by atoms with van der Waals surface area (Å²) in [6, 6.07) is 18.2. The van der Waals surface area contributed by atoms with Crippen LogP contribution in [0.5, 0.6) is 11.5 Å². The topological polar surface area (TPSA) is 84.4 Å². The molecule has 2 aromatic heterocycles. The maximum absolute atomic E-state index is 6.11. The van der Waals surface area contributed by atoms with Crippen molar-refractivity contribution in [2.45, 2.75) is 25.0 Å². The summed E-state index contributed by atoms with van der Waals surface area (Å²) in [4.78, 5) is 15.7. The van der Waals surface area contributed by atoms with Gasteiger partial charge in [0.1, 0.15) is 23.4 Å². The zero-order chi connectivity index (χ0) is 23.5. The summed E-state index contributed by atoms with van der Waals surface area (Å²) in [5.74, 6) is 2.58. The zero-order valence-corrected chi connectivity index (χ0v) is 19.5. The Balaban J connectivity index is 1.27. The minimum absolute atomic E-state index is 0.242. The molecule has 174 valence electrons. The SMILES string of the molecule is COc1cc(OC2CC(N(C)C)C2)ccc1Nc1nccc(Nc2cnc3ccccc3c2)n1. The van der Waals surface area contributed by atoms with Crippen molar-refractivity contribution in [3.63, 3.8) is 0 Å². The first kappa shape index (κ1) is 21.9. The highest BCUT2D eigenvalue weighted by molar-refractivity contribution is 5.82. The van der Waals surface area contributed by atoms with Gasteiger partial charge in [-0.1, -0.05) is 18.2 Å². The summed E-state index contributed by atoms with van der Waals surface area (Å²) in [6.45, 7) is 0. The number of methoxy groups -OCH3 is 1. The number of nitrogens with one attached hydrogen (secondary N) is 2. The van der Waals surface area contributed by atoms with Gasteiger partial charge in [-0.3, -0.25) is 4.98 Å². The number of anilines is 4. The van der Waals surface area contributed by atoms with E-state index in [-0.39, 0.29) is 6.10 Å². The van der Waals surface area contributed by atoms with Crippen molar-refractivity contribution < 1.29 is 9.47 Å². The van der Waals surface area contributed by atoms with E-state index in [0.29, 0.717) is 23.6 Å². The first-order valence-corrected chi connectivity index (χ1v) is 11.3. The van der Waals surface area contributed by atoms with Gasteiger partial charge in [0.25, 0.3) is 0 Å². The number of fused-ring (bicyclic) bond motifs is 1. The quantitative estimate of drug-likeness (QED) is 0.384. The molecule has 0 atom stereocenters. The molecule has 8 nitrogen and oxygen atoms in total. The minimum Gasteiger partial charge on any atom is -0.494 e. The molecule has 4 aromatic rings. The van der Waals surface area contributed by atoms with E-state index in [4.69, 9.17) is 9.47 Å². The van der Waals surface area contributed by atoms with Crippen LogP contribution >= 0.6 is 0 Å². The number of benzene rings is 2. The lowest BCUT2D eigenvalue weighted by Gasteiger charge is -2.39. The molecule has 2 N–H and O–H groups in total. The minimum atomic E-state index is 0.242. The lowest BCUT2D eigenvalue weighted by atomic mass is 9.88. The Hall–Kier alpha value is -3.91. The van der Waals surface area contributed by atoms with Crippen LogP contribution in [0.15, 0.2) is 67.0 Å². The Morgan fingerprint density at radius 3 is 2.65 bits per heavy atom. The Bertz CT molecular complexity index is 1290. The molecule has 2 heterocycles. The number of hydrogen-bond donors (Lipinski definition) is 2. The Morgan fingerprint density at radius 2 is 1.82 bits per heavy atom. The van der Waals surface area contributed by atoms with Crippen molar-refractivity contribution in [3.8, 4) is 11.5 Å². The highest BCUT2D eigenvalue weighted by Crippen LogP contribution is 2.34. The summed E-state index contributed by atoms with van der Waals surface area (Å²) in [5, 5.41) is 7.60. The maximum atomic E-state index is 6.11. The molecule has 0 aliphatic heterocycles. The van der Waals surface area contributed by atoms with Crippen molar-refractivity contribution in [2.24, 2.45) is 0 Å². The van der Waals surface area contributed by atoms with Gasteiger partial charge >= 0.3 is 0 Å². The van der Waals surface area contributed by atoms with Gasteiger partial charge in [0.05, 0.1) is 30.2 Å². The number of para-hydroxylation sites is 1. The summed E-state index contributed by atoms with van der Waals surface area (Å²) in [6.07, 6.45) is 5.81. The molecule has 1 fully saturated rings. The van der Waals surface area contributed by atoms with Crippen LogP contribution in [-0.4, -0.2) is 53.2 Å². The van der Waals surface area contributed by atoms with Crippen molar-refractivity contribution in [1.82, 2.24) is 19.9 Å². The number of nitrogens with zero attached hydrogens (tertiary/aromatic N) is 4. The second-order valence-corrected chi connectivity index (χ2v) is 8.62. The van der Waals surface area contributed by atoms with E-state index in [0.717, 1.165) is 40.9 Å².